The van der Waals surface area contributed by atoms with E-state index in [1.54, 1.807) is 12.0 Å². The average Bonchev–Trinajstić information content (AvgIpc) is 3.23. The van der Waals surface area contributed by atoms with Gasteiger partial charge >= 0.3 is 0 Å². The van der Waals surface area contributed by atoms with Crippen LogP contribution < -0.4 is 14.9 Å². The Labute approximate surface area is 235 Å². The van der Waals surface area contributed by atoms with Crippen LogP contribution in [0.2, 0.25) is 0 Å². The Balaban J connectivity index is 1.50. The molecule has 0 fully saturated rings. The van der Waals surface area contributed by atoms with Gasteiger partial charge in [-0.3, -0.25) is 9.59 Å². The van der Waals surface area contributed by atoms with Gasteiger partial charge in [-0.1, -0.05) is 56.5 Å². The number of carbonyl (C=O) groups excluding carboxylic acids is 1. The van der Waals surface area contributed by atoms with Gasteiger partial charge in [0.05, 0.1) is 30.7 Å². The molecule has 0 radical (unpaired) electrons. The van der Waals surface area contributed by atoms with Gasteiger partial charge in [0.15, 0.2) is 5.43 Å². The predicted octanol–water partition coefficient (Wildman–Crippen LogP) is 7.17. The average molecular weight is 540 g/mol. The van der Waals surface area contributed by atoms with Crippen molar-refractivity contribution in [3.05, 3.63) is 104 Å². The van der Waals surface area contributed by atoms with Crippen LogP contribution in [0.4, 0.5) is 0 Å². The van der Waals surface area contributed by atoms with Crippen LogP contribution in [0.5, 0.6) is 11.5 Å². The third kappa shape index (κ3) is 5.48. The fourth-order valence-corrected chi connectivity index (χ4v) is 5.60. The fraction of sp³-hybridized carbons (Fsp3) is 0.353. The molecule has 4 aromatic rings. The fourth-order valence-electron chi connectivity index (χ4n) is 5.60. The monoisotopic (exact) mass is 539 g/mol. The quantitative estimate of drug-likeness (QED) is 0.189. The van der Waals surface area contributed by atoms with E-state index in [4.69, 9.17) is 13.9 Å². The Morgan fingerprint density at radius 3 is 2.33 bits per heavy atom. The van der Waals surface area contributed by atoms with Crippen molar-refractivity contribution in [1.29, 1.82) is 0 Å². The number of hydrogen-bond donors (Lipinski definition) is 0. The van der Waals surface area contributed by atoms with Crippen molar-refractivity contribution in [3.8, 4) is 11.5 Å². The first-order valence-electron chi connectivity index (χ1n) is 14.2. The number of carbonyl (C=O) groups is 1. The first kappa shape index (κ1) is 27.5. The van der Waals surface area contributed by atoms with E-state index in [0.29, 0.717) is 36.1 Å². The third-order valence-corrected chi connectivity index (χ3v) is 7.68. The highest BCUT2D eigenvalue weighted by molar-refractivity contribution is 5.99. The third-order valence-electron chi connectivity index (χ3n) is 7.68. The molecular formula is C34H37NO5. The van der Waals surface area contributed by atoms with E-state index < -0.39 is 6.04 Å². The Hall–Kier alpha value is -4.06. The molecule has 1 aliphatic heterocycles. The van der Waals surface area contributed by atoms with Crippen molar-refractivity contribution in [1.82, 2.24) is 4.90 Å². The van der Waals surface area contributed by atoms with E-state index in [1.165, 1.54) is 12.8 Å². The molecule has 208 valence electrons. The highest BCUT2D eigenvalue weighted by atomic mass is 16.5. The molecular weight excluding hydrogens is 502 g/mol. The summed E-state index contributed by atoms with van der Waals surface area (Å²) < 4.78 is 17.4. The van der Waals surface area contributed by atoms with Crippen LogP contribution in [0.25, 0.3) is 11.0 Å². The Morgan fingerprint density at radius 1 is 0.900 bits per heavy atom. The minimum absolute atomic E-state index is 0.137. The van der Waals surface area contributed by atoms with Crippen molar-refractivity contribution in [2.24, 2.45) is 0 Å². The molecule has 0 saturated heterocycles. The molecule has 6 heteroatoms. The number of ether oxygens (including phenoxy) is 2. The first-order chi connectivity index (χ1) is 19.4. The molecule has 0 aliphatic carbocycles. The van der Waals surface area contributed by atoms with Crippen molar-refractivity contribution < 1.29 is 18.7 Å². The molecule has 0 spiro atoms. The zero-order valence-electron chi connectivity index (χ0n) is 23.8. The second kappa shape index (κ2) is 12.0. The normalized spacial score (nSPS) is 14.6. The van der Waals surface area contributed by atoms with Crippen molar-refractivity contribution >= 4 is 16.9 Å². The van der Waals surface area contributed by atoms with Gasteiger partial charge in [-0.2, -0.15) is 0 Å². The summed E-state index contributed by atoms with van der Waals surface area (Å²) in [5, 5.41) is 0.534. The van der Waals surface area contributed by atoms with E-state index in [2.05, 4.69) is 6.92 Å². The molecule has 0 bridgehead atoms. The van der Waals surface area contributed by atoms with Crippen molar-refractivity contribution in [2.45, 2.75) is 58.9 Å². The van der Waals surface area contributed by atoms with Gasteiger partial charge in [-0.05, 0) is 79.3 Å². The second-order valence-electron chi connectivity index (χ2n) is 10.6. The molecule has 6 nitrogen and oxygen atoms in total. The number of nitrogens with zero attached hydrogens (tertiary/aromatic N) is 1. The number of aryl methyl sites for hydroxylation is 2. The number of hydrogen-bond acceptors (Lipinski definition) is 5. The lowest BCUT2D eigenvalue weighted by atomic mass is 9.96. The summed E-state index contributed by atoms with van der Waals surface area (Å²) >= 11 is 0. The van der Waals surface area contributed by atoms with Gasteiger partial charge in [0.2, 0.25) is 5.76 Å². The summed E-state index contributed by atoms with van der Waals surface area (Å²) in [7, 11) is 1.64. The van der Waals surface area contributed by atoms with Gasteiger partial charge in [-0.25, -0.2) is 0 Å². The van der Waals surface area contributed by atoms with Crippen LogP contribution in [0.1, 0.15) is 77.0 Å². The van der Waals surface area contributed by atoms with Gasteiger partial charge in [0.25, 0.3) is 5.91 Å². The largest absolute Gasteiger partial charge is 0.497 e. The Kier molecular flexibility index (Phi) is 8.24. The Bertz CT molecular complexity index is 1550. The van der Waals surface area contributed by atoms with Gasteiger partial charge in [-0.15, -0.1) is 0 Å². The lowest BCUT2D eigenvalue weighted by molar-refractivity contribution is 0.0730. The van der Waals surface area contributed by atoms with Gasteiger partial charge in [0, 0.05) is 6.54 Å². The maximum absolute atomic E-state index is 14.0. The summed E-state index contributed by atoms with van der Waals surface area (Å²) in [5.74, 6) is 1.44. The molecule has 3 aromatic carbocycles. The molecule has 5 rings (SSSR count). The second-order valence-corrected chi connectivity index (χ2v) is 10.6. The molecule has 0 saturated carbocycles. The number of methoxy groups -OCH3 is 1. The molecule has 1 amide bonds. The van der Waals surface area contributed by atoms with Crippen molar-refractivity contribution in [3.63, 3.8) is 0 Å². The number of benzene rings is 3. The molecule has 1 atom stereocenters. The van der Waals surface area contributed by atoms with Crippen LogP contribution in [0, 0.1) is 13.8 Å². The minimum atomic E-state index is -0.541. The lowest BCUT2D eigenvalue weighted by Gasteiger charge is -2.25. The molecule has 0 N–H and O–H groups in total. The van der Waals surface area contributed by atoms with E-state index in [0.717, 1.165) is 46.6 Å². The van der Waals surface area contributed by atoms with Crippen LogP contribution in [-0.2, 0) is 6.42 Å². The zero-order valence-corrected chi connectivity index (χ0v) is 23.8. The number of rotatable bonds is 11. The van der Waals surface area contributed by atoms with E-state index in [9.17, 15) is 9.59 Å². The SMILES string of the molecule is CCCCCCOc1ccc(C2c3c(oc4cc(C)cc(C)c4c3=O)C(=O)N2CCc2ccc(OC)cc2)cc1. The highest BCUT2D eigenvalue weighted by Gasteiger charge is 2.42. The van der Waals surface area contributed by atoms with Crippen LogP contribution in [-0.4, -0.2) is 31.1 Å². The van der Waals surface area contributed by atoms with Crippen LogP contribution in [0.3, 0.4) is 0 Å². The predicted molar refractivity (Wildman–Crippen MR) is 158 cm³/mol. The molecule has 1 unspecified atom stereocenters. The first-order valence-corrected chi connectivity index (χ1v) is 14.2. The summed E-state index contributed by atoms with van der Waals surface area (Å²) in [6.45, 7) is 7.17. The number of amides is 1. The summed E-state index contributed by atoms with van der Waals surface area (Å²) in [6.07, 6.45) is 5.20. The molecule has 1 aliphatic rings. The summed E-state index contributed by atoms with van der Waals surface area (Å²) in [5.41, 5.74) is 4.49. The standard InChI is InChI=1S/C34H37NO5/c1-5-6-7-8-19-39-27-15-11-25(12-16-27)31-30-32(36)29-23(3)20-22(2)21-28(29)40-33(30)34(37)35(31)18-17-24-9-13-26(38-4)14-10-24/h9-16,20-21,31H,5-8,17-19H2,1-4H3. The number of fused-ring (bicyclic) bond motifs is 2. The summed E-state index contributed by atoms with van der Waals surface area (Å²) in [6, 6.07) is 18.9. The summed E-state index contributed by atoms with van der Waals surface area (Å²) in [4.78, 5) is 29.6. The molecule has 40 heavy (non-hydrogen) atoms. The van der Waals surface area contributed by atoms with Crippen molar-refractivity contribution in [2.75, 3.05) is 20.3 Å². The minimum Gasteiger partial charge on any atom is -0.497 e. The Morgan fingerprint density at radius 2 is 1.62 bits per heavy atom. The van der Waals surface area contributed by atoms with E-state index >= 15 is 0 Å². The van der Waals surface area contributed by atoms with Crippen LogP contribution in [0.15, 0.2) is 69.9 Å². The smallest absolute Gasteiger partial charge is 0.290 e. The van der Waals surface area contributed by atoms with Gasteiger partial charge in [0.1, 0.15) is 17.1 Å². The topological polar surface area (TPSA) is 69.0 Å². The maximum Gasteiger partial charge on any atom is 0.290 e. The van der Waals surface area contributed by atoms with E-state index in [-0.39, 0.29) is 17.1 Å². The van der Waals surface area contributed by atoms with E-state index in [1.807, 2.05) is 74.5 Å². The van der Waals surface area contributed by atoms with Crippen LogP contribution >= 0.6 is 0 Å². The lowest BCUT2D eigenvalue weighted by Crippen LogP contribution is -2.31. The maximum atomic E-state index is 14.0. The highest BCUT2D eigenvalue weighted by Crippen LogP contribution is 2.39. The molecule has 2 heterocycles. The molecule has 1 aromatic heterocycles. The number of unbranched alkanes of at least 4 members (excludes halogenated alkanes) is 3. The van der Waals surface area contributed by atoms with Gasteiger partial charge < -0.3 is 18.8 Å². The zero-order chi connectivity index (χ0) is 28.2.